The Bertz CT molecular complexity index is 4890. The molecule has 3 heterocycles. The number of anilines is 3. The van der Waals surface area contributed by atoms with Crippen molar-refractivity contribution < 1.29 is 4.42 Å². The van der Waals surface area contributed by atoms with Crippen LogP contribution in [-0.4, -0.2) is 9.13 Å². The van der Waals surface area contributed by atoms with Crippen LogP contribution in [0.1, 0.15) is 80.8 Å². The molecule has 0 aliphatic heterocycles. The molecule has 0 bridgehead atoms. The highest BCUT2D eigenvalue weighted by atomic mass is 16.3. The predicted octanol–water partition coefficient (Wildman–Crippen LogP) is 20.0. The number of hydrogen-bond acceptors (Lipinski definition) is 2. The van der Waals surface area contributed by atoms with E-state index < -0.39 is 0 Å². The third-order valence-corrected chi connectivity index (χ3v) is 19.4. The lowest BCUT2D eigenvalue weighted by Crippen LogP contribution is -2.24. The second kappa shape index (κ2) is 15.5. The number of hydrogen-bond donors (Lipinski definition) is 0. The van der Waals surface area contributed by atoms with Crippen LogP contribution in [0.15, 0.2) is 229 Å². The molecule has 0 amide bonds. The quantitative estimate of drug-likeness (QED) is 0.172. The van der Waals surface area contributed by atoms with Gasteiger partial charge in [0.25, 0.3) is 0 Å². The van der Waals surface area contributed by atoms with E-state index in [9.17, 15) is 0 Å². The van der Waals surface area contributed by atoms with Gasteiger partial charge in [-0.3, -0.25) is 0 Å². The summed E-state index contributed by atoms with van der Waals surface area (Å²) in [4.78, 5) is 2.54. The summed E-state index contributed by atoms with van der Waals surface area (Å²) in [5, 5.41) is 7.00. The third-order valence-electron chi connectivity index (χ3n) is 19.4. The number of furan rings is 1. The highest BCUT2D eigenvalue weighted by Gasteiger charge is 2.45. The zero-order valence-electron chi connectivity index (χ0n) is 45.3. The molecule has 2 atom stereocenters. The van der Waals surface area contributed by atoms with Gasteiger partial charge < -0.3 is 18.5 Å². The number of nitrogens with zero attached hydrogens (tertiary/aromatic N) is 3. The van der Waals surface area contributed by atoms with Crippen LogP contribution in [0, 0.1) is 5.92 Å². The highest BCUT2D eigenvalue weighted by molar-refractivity contribution is 6.26. The molecule has 4 nitrogen and oxygen atoms in total. The first kappa shape index (κ1) is 45.0. The summed E-state index contributed by atoms with van der Waals surface area (Å²) in [6, 6.07) is 75.4. The van der Waals surface area contributed by atoms with Crippen molar-refractivity contribution in [3.63, 3.8) is 0 Å². The van der Waals surface area contributed by atoms with Crippen LogP contribution in [0.4, 0.5) is 17.1 Å². The van der Waals surface area contributed by atoms with E-state index in [-0.39, 0.29) is 16.2 Å². The van der Waals surface area contributed by atoms with Crippen molar-refractivity contribution in [1.29, 1.82) is 0 Å². The van der Waals surface area contributed by atoms with Gasteiger partial charge >= 0.3 is 0 Å². The van der Waals surface area contributed by atoms with E-state index in [1.165, 1.54) is 88.6 Å². The monoisotopic (exact) mass is 1020 g/mol. The fourth-order valence-corrected chi connectivity index (χ4v) is 15.5. The van der Waals surface area contributed by atoms with Crippen LogP contribution < -0.4 is 4.90 Å². The molecule has 378 valence electrons. The molecule has 0 saturated carbocycles. The van der Waals surface area contributed by atoms with Crippen LogP contribution in [0.2, 0.25) is 0 Å². The molecule has 4 heteroatoms. The van der Waals surface area contributed by atoms with Crippen LogP contribution in [0.5, 0.6) is 0 Å². The molecule has 0 radical (unpaired) electrons. The number of para-hydroxylation sites is 3. The van der Waals surface area contributed by atoms with E-state index in [1.807, 2.05) is 0 Å². The zero-order valence-corrected chi connectivity index (χ0v) is 45.3. The molecule has 17 rings (SSSR count). The predicted molar refractivity (Wildman–Crippen MR) is 330 cm³/mol. The Labute approximate surface area is 459 Å². The average molecular weight is 1020 g/mol. The third kappa shape index (κ3) is 5.88. The van der Waals surface area contributed by atoms with E-state index in [4.69, 9.17) is 4.42 Å². The fourth-order valence-electron chi connectivity index (χ4n) is 15.5. The van der Waals surface area contributed by atoms with Gasteiger partial charge in [0.2, 0.25) is 0 Å². The maximum Gasteiger partial charge on any atom is 0.160 e. The second-order valence-electron chi connectivity index (χ2n) is 24.5. The molecule has 4 aliphatic rings. The van der Waals surface area contributed by atoms with Crippen LogP contribution in [0.25, 0.3) is 99.2 Å². The number of benzene rings is 10. The van der Waals surface area contributed by atoms with Gasteiger partial charge in [-0.2, -0.15) is 0 Å². The minimum atomic E-state index is -0.317. The molecule has 0 spiro atoms. The minimum absolute atomic E-state index is 0.0213. The molecule has 2 unspecified atom stereocenters. The summed E-state index contributed by atoms with van der Waals surface area (Å²) in [5.41, 5.74) is 25.1. The summed E-state index contributed by atoms with van der Waals surface area (Å²) in [7, 11) is 0. The second-order valence-corrected chi connectivity index (χ2v) is 24.5. The Balaban J connectivity index is 0.834. The first-order valence-electron chi connectivity index (χ1n) is 28.2. The van der Waals surface area contributed by atoms with Crippen molar-refractivity contribution in [2.24, 2.45) is 5.92 Å². The van der Waals surface area contributed by atoms with E-state index in [0.29, 0.717) is 11.8 Å². The molecule has 13 aromatic rings. The smallest absolute Gasteiger partial charge is 0.160 e. The Morgan fingerprint density at radius 3 is 1.51 bits per heavy atom. The van der Waals surface area contributed by atoms with Crippen molar-refractivity contribution in [3.8, 4) is 33.6 Å². The van der Waals surface area contributed by atoms with Gasteiger partial charge in [0.05, 0.1) is 22.1 Å². The summed E-state index contributed by atoms with van der Waals surface area (Å²) >= 11 is 0. The normalized spacial score (nSPS) is 17.7. The summed E-state index contributed by atoms with van der Waals surface area (Å²) in [6.07, 6.45) is 9.31. The van der Waals surface area contributed by atoms with Gasteiger partial charge in [-0.25, -0.2) is 0 Å². The van der Waals surface area contributed by atoms with Crippen molar-refractivity contribution in [3.05, 3.63) is 258 Å². The summed E-state index contributed by atoms with van der Waals surface area (Å²) < 4.78 is 12.3. The van der Waals surface area contributed by atoms with Gasteiger partial charge in [0, 0.05) is 77.5 Å². The van der Waals surface area contributed by atoms with Crippen LogP contribution >= 0.6 is 0 Å². The standard InChI is InChI=1S/C75H57N3O/c1-73(2)61-24-14-10-20-49(61)51-32-28-45(40-63(51)73)76(46-29-33-52-50-21-11-15-25-62(50)74(3,4)64(52)41-46)47-30-34-53-54-35-31-48(43-66(54)75(5,6)65(53)42-47)78-68-27-17-13-23-56(68)58-37-39-60-59-38-36-57-55-22-12-16-26-67(55)77(44-18-8-7-9-19-44)69(57)71(59)79-72(60)70(58)78/h7-43,49,61H,1-6H3. The molecule has 4 aliphatic carbocycles. The molecular formula is C75H57N3O. The number of aromatic nitrogens is 2. The van der Waals surface area contributed by atoms with Gasteiger partial charge in [0.1, 0.15) is 0 Å². The number of rotatable bonds is 5. The molecular weight excluding hydrogens is 959 g/mol. The first-order valence-corrected chi connectivity index (χ1v) is 28.2. The number of fused-ring (bicyclic) bond motifs is 20. The molecule has 0 saturated heterocycles. The van der Waals surface area contributed by atoms with E-state index in [2.05, 4.69) is 280 Å². The number of allylic oxidation sites excluding steroid dienone is 4. The average Bonchev–Trinajstić information content (AvgIpc) is 4.45. The van der Waals surface area contributed by atoms with E-state index in [1.54, 1.807) is 0 Å². The maximum absolute atomic E-state index is 7.42. The van der Waals surface area contributed by atoms with Crippen LogP contribution in [0.3, 0.4) is 0 Å². The summed E-state index contributed by atoms with van der Waals surface area (Å²) in [5.74, 6) is 0.815. The van der Waals surface area contributed by atoms with Crippen molar-refractivity contribution >= 4 is 82.6 Å². The molecule has 10 aromatic carbocycles. The lowest BCUT2D eigenvalue weighted by atomic mass is 9.74. The molecule has 3 aromatic heterocycles. The van der Waals surface area contributed by atoms with E-state index >= 15 is 0 Å². The lowest BCUT2D eigenvalue weighted by molar-refractivity contribution is 0.394. The lowest BCUT2D eigenvalue weighted by Gasteiger charge is -2.31. The zero-order chi connectivity index (χ0) is 52.8. The maximum atomic E-state index is 7.42. The first-order chi connectivity index (χ1) is 38.5. The topological polar surface area (TPSA) is 26.2 Å². The van der Waals surface area contributed by atoms with Gasteiger partial charge in [0.15, 0.2) is 11.2 Å². The van der Waals surface area contributed by atoms with Gasteiger partial charge in [-0.05, 0) is 152 Å². The Morgan fingerprint density at radius 2 is 0.861 bits per heavy atom. The minimum Gasteiger partial charge on any atom is -0.452 e. The SMILES string of the molecule is CC1(C)c2ccccc2-c2ccc(N(c3ccc4c(c3)C(C)(C)c3cc(-n5c6ccccc6c6ccc7c8ccc9c%10ccccc%10n(-c%10ccccc%10)c9c8oc7c65)ccc3-4)c3ccc4c(c3)C(C)(C)C3C=CC=CC43)cc21. The van der Waals surface area contributed by atoms with Gasteiger partial charge in [-0.15, -0.1) is 0 Å². The van der Waals surface area contributed by atoms with Crippen molar-refractivity contribution in [1.82, 2.24) is 9.13 Å². The molecule has 0 fully saturated rings. The largest absolute Gasteiger partial charge is 0.452 e. The Kier molecular flexibility index (Phi) is 8.85. The highest BCUT2D eigenvalue weighted by Crippen LogP contribution is 2.57. The van der Waals surface area contributed by atoms with Crippen molar-refractivity contribution in [2.45, 2.75) is 63.7 Å². The fraction of sp³-hybridized carbons (Fsp3) is 0.147. The van der Waals surface area contributed by atoms with Crippen molar-refractivity contribution in [2.75, 3.05) is 4.90 Å². The summed E-state index contributed by atoms with van der Waals surface area (Å²) in [6.45, 7) is 14.5. The van der Waals surface area contributed by atoms with Crippen LogP contribution in [-0.2, 0) is 16.2 Å². The molecule has 0 N–H and O–H groups in total. The molecule has 79 heavy (non-hydrogen) atoms. The Hall–Kier alpha value is -9.12. The van der Waals surface area contributed by atoms with E-state index in [0.717, 1.165) is 61.1 Å². The van der Waals surface area contributed by atoms with Gasteiger partial charge in [-0.1, -0.05) is 181 Å². The Morgan fingerprint density at radius 1 is 0.380 bits per heavy atom.